The molecule has 7 heteroatoms. The Morgan fingerprint density at radius 3 is 1.81 bits per heavy atom. The Hall–Kier alpha value is 0.234. The van der Waals surface area contributed by atoms with Crippen LogP contribution in [0.4, 0.5) is 0 Å². The number of hydrogen-bond donors (Lipinski definition) is 1. The molecule has 0 fully saturated rings. The molecule has 0 radical (unpaired) electrons. The molecule has 0 aliphatic rings. The quantitative estimate of drug-likeness (QED) is 0.312. The molecule has 0 saturated heterocycles. The summed E-state index contributed by atoms with van der Waals surface area (Å²) in [5.41, 5.74) is 0.455. The molecule has 5 nitrogen and oxygen atoms in total. The smallest absolute Gasteiger partial charge is 0.418 e. The molecular weight excluding hydrogens is 362 g/mol. The summed E-state index contributed by atoms with van der Waals surface area (Å²) in [7, 11) is -3.47. The van der Waals surface area contributed by atoms with Gasteiger partial charge in [0.25, 0.3) is 0 Å². The summed E-state index contributed by atoms with van der Waals surface area (Å²) in [6, 6.07) is 0. The topological polar surface area (TPSA) is 49.0 Å². The summed E-state index contributed by atoms with van der Waals surface area (Å²) in [4.78, 5) is 0. The van der Waals surface area contributed by atoms with Crippen molar-refractivity contribution in [1.29, 1.82) is 0 Å². The van der Waals surface area contributed by atoms with Crippen LogP contribution in [0.15, 0.2) is 0 Å². The molecule has 0 heterocycles. The van der Waals surface area contributed by atoms with Gasteiger partial charge in [0, 0.05) is 31.1 Å². The highest BCUT2D eigenvalue weighted by Crippen LogP contribution is 2.20. The minimum absolute atomic E-state index is 0.0765. The number of rotatable bonds is 16. The molecule has 0 spiro atoms. The van der Waals surface area contributed by atoms with Crippen LogP contribution in [-0.2, 0) is 17.7 Å². The first-order valence-electron chi connectivity index (χ1n) is 10.6. The van der Waals surface area contributed by atoms with Gasteiger partial charge in [-0.3, -0.25) is 0 Å². The van der Waals surface area contributed by atoms with Crippen molar-refractivity contribution in [1.82, 2.24) is 5.32 Å². The SMILES string of the molecule is CCCCCC(NC(CC)[Si](OCC)(OCC)OCC)[SiH2]OC(C)(C)C. The first-order valence-corrected chi connectivity index (χ1v) is 13.8. The molecule has 2 atom stereocenters. The van der Waals surface area contributed by atoms with Crippen LogP contribution in [0.1, 0.15) is 87.5 Å². The molecule has 0 saturated carbocycles. The Bertz CT molecular complexity index is 323. The number of nitrogens with one attached hydrogen (secondary N) is 1. The van der Waals surface area contributed by atoms with Crippen LogP contribution in [0.25, 0.3) is 0 Å². The van der Waals surface area contributed by atoms with Gasteiger partial charge in [-0.2, -0.15) is 0 Å². The second-order valence-electron chi connectivity index (χ2n) is 7.65. The Labute approximate surface area is 166 Å². The van der Waals surface area contributed by atoms with Crippen LogP contribution in [0.2, 0.25) is 0 Å². The molecule has 2 unspecified atom stereocenters. The summed E-state index contributed by atoms with van der Waals surface area (Å²) in [5, 5.41) is 3.85. The Kier molecular flexibility index (Phi) is 14.4. The van der Waals surface area contributed by atoms with E-state index in [1.165, 1.54) is 19.3 Å². The van der Waals surface area contributed by atoms with Gasteiger partial charge < -0.3 is 23.0 Å². The lowest BCUT2D eigenvalue weighted by Gasteiger charge is -2.37. The summed E-state index contributed by atoms with van der Waals surface area (Å²) < 4.78 is 24.7. The molecule has 26 heavy (non-hydrogen) atoms. The lowest BCUT2D eigenvalue weighted by molar-refractivity contribution is 0.0561. The minimum atomic E-state index is -2.75. The monoisotopic (exact) mass is 407 g/mol. The van der Waals surface area contributed by atoms with Crippen LogP contribution in [-0.4, -0.2) is 55.3 Å². The minimum Gasteiger partial charge on any atom is -0.418 e. The van der Waals surface area contributed by atoms with E-state index in [1.54, 1.807) is 0 Å². The van der Waals surface area contributed by atoms with Gasteiger partial charge in [0.1, 0.15) is 0 Å². The third-order valence-electron chi connectivity index (χ3n) is 4.18. The highest BCUT2D eigenvalue weighted by atomic mass is 28.4. The van der Waals surface area contributed by atoms with Gasteiger partial charge in [-0.05, 0) is 54.4 Å². The molecule has 0 amide bonds. The third-order valence-corrected chi connectivity index (χ3v) is 9.76. The van der Waals surface area contributed by atoms with E-state index in [9.17, 15) is 0 Å². The highest BCUT2D eigenvalue weighted by Gasteiger charge is 2.49. The molecule has 158 valence electrons. The standard InChI is InChI=1S/C19H45NO4Si2/c1-9-14-15-16-17(25-24-19(6,7)8)20-18(10-2)26(21-11-3,22-12-4)23-13-5/h17-18,20H,9-16,25H2,1-8H3. The largest absolute Gasteiger partial charge is 0.518 e. The molecule has 0 rings (SSSR count). The van der Waals surface area contributed by atoms with Gasteiger partial charge in [-0.15, -0.1) is 0 Å². The van der Waals surface area contributed by atoms with Crippen molar-refractivity contribution in [2.24, 2.45) is 0 Å². The zero-order chi connectivity index (χ0) is 20.1. The second kappa shape index (κ2) is 14.3. The average Bonchev–Trinajstić information content (AvgIpc) is 2.56. The predicted molar refractivity (Wildman–Crippen MR) is 115 cm³/mol. The third kappa shape index (κ3) is 10.5. The first kappa shape index (κ1) is 26.2. The van der Waals surface area contributed by atoms with E-state index in [2.05, 4.69) is 39.9 Å². The van der Waals surface area contributed by atoms with E-state index in [-0.39, 0.29) is 11.3 Å². The molecule has 0 aromatic rings. The normalized spacial score (nSPS) is 15.7. The summed E-state index contributed by atoms with van der Waals surface area (Å²) >= 11 is 0. The lowest BCUT2D eigenvalue weighted by atomic mass is 10.2. The van der Waals surface area contributed by atoms with Crippen molar-refractivity contribution in [2.75, 3.05) is 19.8 Å². The second-order valence-corrected chi connectivity index (χ2v) is 12.0. The van der Waals surface area contributed by atoms with Gasteiger partial charge in [0.2, 0.25) is 0 Å². The van der Waals surface area contributed by atoms with Gasteiger partial charge in [0.15, 0.2) is 9.76 Å². The van der Waals surface area contributed by atoms with Crippen molar-refractivity contribution in [3.63, 3.8) is 0 Å². The van der Waals surface area contributed by atoms with Gasteiger partial charge in [-0.1, -0.05) is 33.1 Å². The molecule has 0 bridgehead atoms. The first-order chi connectivity index (χ1) is 12.3. The van der Waals surface area contributed by atoms with E-state index in [4.69, 9.17) is 17.7 Å². The average molecular weight is 408 g/mol. The van der Waals surface area contributed by atoms with Crippen molar-refractivity contribution < 1.29 is 17.7 Å². The van der Waals surface area contributed by atoms with E-state index in [0.717, 1.165) is 12.8 Å². The van der Waals surface area contributed by atoms with Gasteiger partial charge >= 0.3 is 8.80 Å². The number of hydrogen-bond acceptors (Lipinski definition) is 5. The zero-order valence-corrected chi connectivity index (χ0v) is 21.1. The predicted octanol–water partition coefficient (Wildman–Crippen LogP) is 3.75. The van der Waals surface area contributed by atoms with Crippen LogP contribution < -0.4 is 5.32 Å². The Balaban J connectivity index is 5.23. The molecule has 0 aliphatic heterocycles. The van der Waals surface area contributed by atoms with Crippen LogP contribution >= 0.6 is 0 Å². The molecule has 0 aliphatic carbocycles. The maximum Gasteiger partial charge on any atom is 0.518 e. The van der Waals surface area contributed by atoms with Crippen LogP contribution in [0, 0.1) is 0 Å². The van der Waals surface area contributed by atoms with Crippen molar-refractivity contribution in [3.8, 4) is 0 Å². The molecular formula is C19H45NO4Si2. The molecule has 1 N–H and O–H groups in total. The Morgan fingerprint density at radius 1 is 0.885 bits per heavy atom. The highest BCUT2D eigenvalue weighted by molar-refractivity contribution is 6.62. The maximum absolute atomic E-state index is 6.23. The van der Waals surface area contributed by atoms with Crippen LogP contribution in [0.5, 0.6) is 0 Å². The number of unbranched alkanes of at least 4 members (excludes halogenated alkanes) is 2. The van der Waals surface area contributed by atoms with Crippen molar-refractivity contribution in [2.45, 2.75) is 104 Å². The summed E-state index contributed by atoms with van der Waals surface area (Å²) in [6.45, 7) is 18.7. The van der Waals surface area contributed by atoms with E-state index in [1.807, 2.05) is 20.8 Å². The Morgan fingerprint density at radius 2 is 1.42 bits per heavy atom. The maximum atomic E-state index is 6.23. The van der Waals surface area contributed by atoms with E-state index < -0.39 is 18.6 Å². The fourth-order valence-corrected chi connectivity index (χ4v) is 7.76. The summed E-state index contributed by atoms with van der Waals surface area (Å²) in [6.07, 6.45) is 5.82. The van der Waals surface area contributed by atoms with E-state index in [0.29, 0.717) is 25.5 Å². The lowest BCUT2D eigenvalue weighted by Crippen LogP contribution is -2.64. The van der Waals surface area contributed by atoms with E-state index >= 15 is 0 Å². The summed E-state index contributed by atoms with van der Waals surface area (Å²) in [5.74, 6) is 0. The molecule has 0 aromatic carbocycles. The van der Waals surface area contributed by atoms with Crippen molar-refractivity contribution in [3.05, 3.63) is 0 Å². The van der Waals surface area contributed by atoms with Gasteiger partial charge in [-0.25, -0.2) is 0 Å². The zero-order valence-electron chi connectivity index (χ0n) is 18.7. The van der Waals surface area contributed by atoms with Crippen molar-refractivity contribution >= 4 is 18.6 Å². The fraction of sp³-hybridized carbons (Fsp3) is 1.00. The van der Waals surface area contributed by atoms with Crippen LogP contribution in [0.3, 0.4) is 0 Å². The van der Waals surface area contributed by atoms with Gasteiger partial charge in [0.05, 0.1) is 5.67 Å². The molecule has 0 aromatic heterocycles. The fourth-order valence-electron chi connectivity index (χ4n) is 2.99.